The quantitative estimate of drug-likeness (QED) is 0.460. The first kappa shape index (κ1) is 20.8. The molecule has 0 N–H and O–H groups in total. The average molecular weight is 465 g/mol. The molecule has 0 saturated carbocycles. The molecule has 0 spiro atoms. The summed E-state index contributed by atoms with van der Waals surface area (Å²) in [4.78, 5) is 27.1. The molecule has 4 aromatic rings. The molecule has 1 fully saturated rings. The predicted molar refractivity (Wildman–Crippen MR) is 131 cm³/mol. The van der Waals surface area contributed by atoms with E-state index < -0.39 is 0 Å². The van der Waals surface area contributed by atoms with Crippen molar-refractivity contribution in [1.29, 1.82) is 0 Å². The average Bonchev–Trinajstić information content (AvgIpc) is 3.40. The highest BCUT2D eigenvalue weighted by molar-refractivity contribution is 7.18. The van der Waals surface area contributed by atoms with E-state index in [4.69, 9.17) is 4.52 Å². The van der Waals surface area contributed by atoms with Crippen molar-refractivity contribution in [3.8, 4) is 0 Å². The number of anilines is 1. The molecular formula is C24H28N6O2S. The summed E-state index contributed by atoms with van der Waals surface area (Å²) in [7, 11) is 2.13. The lowest BCUT2D eigenvalue weighted by Gasteiger charge is -2.34. The number of benzene rings is 1. The van der Waals surface area contributed by atoms with Gasteiger partial charge in [-0.2, -0.15) is 0 Å². The summed E-state index contributed by atoms with van der Waals surface area (Å²) in [6.45, 7) is 9.17. The van der Waals surface area contributed by atoms with Gasteiger partial charge in [0.1, 0.15) is 4.83 Å². The summed E-state index contributed by atoms with van der Waals surface area (Å²) in [6, 6.07) is 6.18. The van der Waals surface area contributed by atoms with Crippen molar-refractivity contribution in [1.82, 2.24) is 24.5 Å². The first-order chi connectivity index (χ1) is 16.1. The monoisotopic (exact) mass is 464 g/mol. The normalized spacial score (nSPS) is 17.8. The van der Waals surface area contributed by atoms with Gasteiger partial charge in [0.05, 0.1) is 17.1 Å². The highest BCUT2D eigenvalue weighted by Gasteiger charge is 2.24. The van der Waals surface area contributed by atoms with Gasteiger partial charge in [0, 0.05) is 57.2 Å². The molecule has 1 aromatic carbocycles. The Labute approximate surface area is 196 Å². The number of rotatable bonds is 4. The maximum absolute atomic E-state index is 13.2. The Hall–Kier alpha value is -2.75. The Morgan fingerprint density at radius 1 is 1.12 bits per heavy atom. The number of likely N-dealkylation sites (N-methyl/N-ethyl adjacent to an activating group) is 1. The van der Waals surface area contributed by atoms with Crippen LogP contribution in [0.5, 0.6) is 0 Å². The molecule has 0 radical (unpaired) electrons. The summed E-state index contributed by atoms with van der Waals surface area (Å²) < 4.78 is 7.32. The van der Waals surface area contributed by atoms with Gasteiger partial charge in [-0.25, -0.2) is 4.98 Å². The van der Waals surface area contributed by atoms with Gasteiger partial charge in [0.15, 0.2) is 11.4 Å². The third-order valence-corrected chi connectivity index (χ3v) is 8.08. The molecule has 172 valence electrons. The van der Waals surface area contributed by atoms with Crippen molar-refractivity contribution in [2.75, 3.05) is 51.2 Å². The second-order valence-corrected chi connectivity index (χ2v) is 10.3. The summed E-state index contributed by atoms with van der Waals surface area (Å²) in [5, 5.41) is 6.26. The summed E-state index contributed by atoms with van der Waals surface area (Å²) >= 11 is 1.68. The van der Waals surface area contributed by atoms with Crippen LogP contribution in [-0.4, -0.2) is 70.8 Å². The van der Waals surface area contributed by atoms with E-state index in [1.165, 1.54) is 16.0 Å². The fourth-order valence-electron chi connectivity index (χ4n) is 5.01. The number of piperazine rings is 1. The van der Waals surface area contributed by atoms with Crippen molar-refractivity contribution in [2.45, 2.75) is 26.4 Å². The molecule has 1 saturated heterocycles. The zero-order valence-corrected chi connectivity index (χ0v) is 19.9. The van der Waals surface area contributed by atoms with E-state index in [-0.39, 0.29) is 5.56 Å². The molecule has 0 unspecified atom stereocenters. The highest BCUT2D eigenvalue weighted by Crippen LogP contribution is 2.32. The van der Waals surface area contributed by atoms with Gasteiger partial charge in [-0.15, -0.1) is 11.3 Å². The Bertz CT molecular complexity index is 1380. The van der Waals surface area contributed by atoms with E-state index in [2.05, 4.69) is 44.9 Å². The van der Waals surface area contributed by atoms with Crippen LogP contribution >= 0.6 is 11.3 Å². The van der Waals surface area contributed by atoms with Crippen molar-refractivity contribution in [3.63, 3.8) is 0 Å². The van der Waals surface area contributed by atoms with E-state index in [1.54, 1.807) is 22.2 Å². The number of aromatic nitrogens is 3. The van der Waals surface area contributed by atoms with Crippen LogP contribution in [-0.2, 0) is 19.5 Å². The molecule has 0 amide bonds. The lowest BCUT2D eigenvalue weighted by Crippen LogP contribution is -2.47. The summed E-state index contributed by atoms with van der Waals surface area (Å²) in [6.07, 6.45) is 2.67. The van der Waals surface area contributed by atoms with Crippen LogP contribution in [0.1, 0.15) is 16.0 Å². The van der Waals surface area contributed by atoms with E-state index in [0.29, 0.717) is 6.54 Å². The molecule has 2 aliphatic rings. The summed E-state index contributed by atoms with van der Waals surface area (Å²) in [5.41, 5.74) is 3.39. The number of aryl methyl sites for hydroxylation is 1. The molecule has 8 nitrogen and oxygen atoms in total. The Balaban J connectivity index is 1.13. The smallest absolute Gasteiger partial charge is 0.262 e. The predicted octanol–water partition coefficient (Wildman–Crippen LogP) is 2.72. The Morgan fingerprint density at radius 3 is 2.82 bits per heavy atom. The number of thiophene rings is 1. The first-order valence-electron chi connectivity index (χ1n) is 11.6. The molecule has 0 aliphatic carbocycles. The van der Waals surface area contributed by atoms with Crippen LogP contribution in [0.2, 0.25) is 0 Å². The van der Waals surface area contributed by atoms with Crippen LogP contribution < -0.4 is 10.5 Å². The number of hydrogen-bond acceptors (Lipinski definition) is 8. The molecule has 9 heteroatoms. The van der Waals surface area contributed by atoms with Gasteiger partial charge >= 0.3 is 0 Å². The topological polar surface area (TPSA) is 70.6 Å². The third-order valence-electron chi connectivity index (χ3n) is 6.95. The third kappa shape index (κ3) is 3.74. The fraction of sp³-hybridized carbons (Fsp3) is 0.458. The maximum Gasteiger partial charge on any atom is 0.262 e. The van der Waals surface area contributed by atoms with E-state index >= 15 is 0 Å². The van der Waals surface area contributed by atoms with Crippen molar-refractivity contribution >= 4 is 38.3 Å². The van der Waals surface area contributed by atoms with E-state index in [9.17, 15) is 4.79 Å². The standard InChI is InChI=1S/C24H28N6O2S/c1-16-3-4-19-18(13-16)22(26-32-19)29-10-7-28(8-11-29)9-12-30-15-25-23-21(24(30)31)17-5-6-27(2)14-20(17)33-23/h3-4,13,15H,5-12,14H2,1-2H3. The molecule has 3 aromatic heterocycles. The zero-order chi connectivity index (χ0) is 22.5. The zero-order valence-electron chi connectivity index (χ0n) is 19.1. The number of nitrogens with zero attached hydrogens (tertiary/aromatic N) is 6. The SMILES string of the molecule is Cc1ccc2onc(N3CCN(CCn4cnc5sc6c(c5c4=O)CCN(C)C6)CC3)c2c1. The molecule has 0 bridgehead atoms. The second-order valence-electron chi connectivity index (χ2n) is 9.25. The molecule has 2 aliphatic heterocycles. The highest BCUT2D eigenvalue weighted by atomic mass is 32.1. The minimum atomic E-state index is 0.116. The van der Waals surface area contributed by atoms with Crippen LogP contribution in [0.15, 0.2) is 33.8 Å². The van der Waals surface area contributed by atoms with Gasteiger partial charge < -0.3 is 14.3 Å². The lowest BCUT2D eigenvalue weighted by molar-refractivity contribution is 0.246. The molecule has 33 heavy (non-hydrogen) atoms. The van der Waals surface area contributed by atoms with Gasteiger partial charge in [-0.1, -0.05) is 16.8 Å². The van der Waals surface area contributed by atoms with Crippen LogP contribution in [0.25, 0.3) is 21.2 Å². The van der Waals surface area contributed by atoms with Gasteiger partial charge in [0.25, 0.3) is 5.56 Å². The van der Waals surface area contributed by atoms with Gasteiger partial charge in [-0.3, -0.25) is 14.3 Å². The van der Waals surface area contributed by atoms with Gasteiger partial charge in [-0.05, 0) is 38.1 Å². The Morgan fingerprint density at radius 2 is 1.97 bits per heavy atom. The molecule has 6 rings (SSSR count). The summed E-state index contributed by atoms with van der Waals surface area (Å²) in [5.74, 6) is 0.937. The lowest BCUT2D eigenvalue weighted by atomic mass is 10.1. The Kier molecular flexibility index (Phi) is 5.20. The van der Waals surface area contributed by atoms with E-state index in [1.807, 2.05) is 12.1 Å². The fourth-order valence-corrected chi connectivity index (χ4v) is 6.26. The van der Waals surface area contributed by atoms with Crippen molar-refractivity contribution in [2.24, 2.45) is 0 Å². The van der Waals surface area contributed by atoms with Crippen LogP contribution in [0, 0.1) is 6.92 Å². The minimum Gasteiger partial charge on any atom is -0.354 e. The van der Waals surface area contributed by atoms with Crippen LogP contribution in [0.4, 0.5) is 5.82 Å². The second kappa shape index (κ2) is 8.23. The molecular weight excluding hydrogens is 436 g/mol. The van der Waals surface area contributed by atoms with Crippen molar-refractivity contribution in [3.05, 3.63) is 50.9 Å². The minimum absolute atomic E-state index is 0.116. The number of fused-ring (bicyclic) bond motifs is 4. The van der Waals surface area contributed by atoms with E-state index in [0.717, 1.165) is 79.2 Å². The van der Waals surface area contributed by atoms with Crippen LogP contribution in [0.3, 0.4) is 0 Å². The molecule has 0 atom stereocenters. The largest absolute Gasteiger partial charge is 0.354 e. The number of hydrogen-bond donors (Lipinski definition) is 0. The molecule has 5 heterocycles. The maximum atomic E-state index is 13.2. The van der Waals surface area contributed by atoms with Crippen molar-refractivity contribution < 1.29 is 4.52 Å². The first-order valence-corrected chi connectivity index (χ1v) is 12.4. The van der Waals surface area contributed by atoms with Gasteiger partial charge in [0.2, 0.25) is 0 Å².